The maximum Gasteiger partial charge on any atom is 0.349 e. The first-order valence-corrected chi connectivity index (χ1v) is 13.1. The third-order valence-corrected chi connectivity index (χ3v) is 7.17. The number of ether oxygens (including phenoxy) is 1. The van der Waals surface area contributed by atoms with Crippen molar-refractivity contribution in [1.82, 2.24) is 16.0 Å². The lowest BCUT2D eigenvalue weighted by Gasteiger charge is -2.49. The van der Waals surface area contributed by atoms with Crippen LogP contribution in [0.4, 0.5) is 0 Å². The highest BCUT2D eigenvalue weighted by molar-refractivity contribution is 6.16. The molecule has 37 heavy (non-hydrogen) atoms. The quantitative estimate of drug-likeness (QED) is 0.102. The van der Waals surface area contributed by atoms with Gasteiger partial charge in [0.1, 0.15) is 11.5 Å². The average molecular weight is 532 g/mol. The Labute approximate surface area is 221 Å². The molecule has 0 saturated carbocycles. The fourth-order valence-electron chi connectivity index (χ4n) is 4.91. The number of Topliss-reactive ketones (excluding diaryl/α,β-unsaturated/α-hetero) is 2. The molecule has 0 spiro atoms. The number of carboxylic acids is 1. The van der Waals surface area contributed by atoms with Gasteiger partial charge < -0.3 is 36.0 Å². The van der Waals surface area contributed by atoms with Gasteiger partial charge in [-0.3, -0.25) is 14.4 Å². The molecule has 11 heteroatoms. The SMILES string of the molecule is CCC[C@@H](NC)C(=O)C(CC(C)O)(C(=O)[C@H](NC)[C@H](C)CC)C(CC(C)O)(OC(=O)[C@@H](C)NC)C(=O)O. The van der Waals surface area contributed by atoms with Crippen molar-refractivity contribution in [3.05, 3.63) is 0 Å². The summed E-state index contributed by atoms with van der Waals surface area (Å²) < 4.78 is 5.68. The Morgan fingerprint density at radius 2 is 1.38 bits per heavy atom. The van der Waals surface area contributed by atoms with Gasteiger partial charge in [0.25, 0.3) is 0 Å². The number of nitrogens with one attached hydrogen (secondary N) is 3. The van der Waals surface area contributed by atoms with Gasteiger partial charge in [-0.05, 0) is 60.7 Å². The highest BCUT2D eigenvalue weighted by Gasteiger charge is 2.70. The number of ketones is 2. The molecule has 0 fully saturated rings. The van der Waals surface area contributed by atoms with E-state index in [0.717, 1.165) is 0 Å². The zero-order chi connectivity index (χ0) is 29.1. The standard InChI is InChI=1S/C26H49N3O8/c1-10-12-19(28-8)21(32)25(13-16(4)30,22(33)20(29-9)15(3)11-2)26(24(35)36,14-17(5)31)37-23(34)18(6)27-7/h15-20,27-31H,10-14H2,1-9H3,(H,35,36)/t15-,16?,17?,18-,19-,20-,25?,26?/m1/s1. The van der Waals surface area contributed by atoms with Crippen molar-refractivity contribution in [3.63, 3.8) is 0 Å². The Bertz CT molecular complexity index is 775. The first-order valence-electron chi connectivity index (χ1n) is 13.1. The van der Waals surface area contributed by atoms with Gasteiger partial charge in [0, 0.05) is 6.42 Å². The zero-order valence-electron chi connectivity index (χ0n) is 23.9. The first kappa shape index (κ1) is 35.1. The van der Waals surface area contributed by atoms with Crippen LogP contribution in [0.5, 0.6) is 0 Å². The fourth-order valence-corrected chi connectivity index (χ4v) is 4.91. The van der Waals surface area contributed by atoms with Gasteiger partial charge in [0.15, 0.2) is 11.6 Å². The Morgan fingerprint density at radius 1 is 0.838 bits per heavy atom. The summed E-state index contributed by atoms with van der Waals surface area (Å²) in [6, 6.07) is -2.96. The van der Waals surface area contributed by atoms with E-state index in [9.17, 15) is 34.5 Å². The van der Waals surface area contributed by atoms with Gasteiger partial charge >= 0.3 is 11.9 Å². The highest BCUT2D eigenvalue weighted by atomic mass is 16.6. The van der Waals surface area contributed by atoms with Crippen molar-refractivity contribution in [2.45, 2.75) is 110 Å². The number of hydrogen-bond donors (Lipinski definition) is 6. The molecular weight excluding hydrogens is 482 g/mol. The Morgan fingerprint density at radius 3 is 1.73 bits per heavy atom. The summed E-state index contributed by atoms with van der Waals surface area (Å²) >= 11 is 0. The summed E-state index contributed by atoms with van der Waals surface area (Å²) in [6.07, 6.45) is -2.75. The van der Waals surface area contributed by atoms with Crippen LogP contribution in [0.3, 0.4) is 0 Å². The normalized spacial score (nSPS) is 19.9. The molecule has 4 unspecified atom stereocenters. The molecule has 0 radical (unpaired) electrons. The van der Waals surface area contributed by atoms with Crippen LogP contribution >= 0.6 is 0 Å². The zero-order valence-corrected chi connectivity index (χ0v) is 23.9. The average Bonchev–Trinajstić information content (AvgIpc) is 2.83. The summed E-state index contributed by atoms with van der Waals surface area (Å²) in [5, 5.41) is 40.3. The van der Waals surface area contributed by atoms with Crippen LogP contribution < -0.4 is 16.0 Å². The van der Waals surface area contributed by atoms with Gasteiger partial charge in [-0.25, -0.2) is 4.79 Å². The Balaban J connectivity index is 7.93. The molecule has 0 aliphatic rings. The topological polar surface area (TPSA) is 174 Å². The van der Waals surface area contributed by atoms with Crippen LogP contribution in [0.2, 0.25) is 0 Å². The highest BCUT2D eigenvalue weighted by Crippen LogP contribution is 2.47. The molecule has 0 heterocycles. The monoisotopic (exact) mass is 531 g/mol. The van der Waals surface area contributed by atoms with Crippen LogP contribution in [-0.4, -0.2) is 95.9 Å². The van der Waals surface area contributed by atoms with Crippen molar-refractivity contribution in [2.75, 3.05) is 21.1 Å². The molecule has 0 aromatic carbocycles. The molecule has 0 amide bonds. The molecule has 11 nitrogen and oxygen atoms in total. The van der Waals surface area contributed by atoms with Crippen LogP contribution in [0, 0.1) is 11.3 Å². The minimum Gasteiger partial charge on any atom is -0.478 e. The van der Waals surface area contributed by atoms with E-state index in [1.165, 1.54) is 41.9 Å². The van der Waals surface area contributed by atoms with Crippen molar-refractivity contribution >= 4 is 23.5 Å². The number of aliphatic hydroxyl groups excluding tert-OH is 2. The van der Waals surface area contributed by atoms with E-state index in [4.69, 9.17) is 4.74 Å². The largest absolute Gasteiger partial charge is 0.478 e. The Kier molecular flexibility index (Phi) is 14.7. The van der Waals surface area contributed by atoms with E-state index in [-0.39, 0.29) is 12.3 Å². The number of aliphatic hydroxyl groups is 2. The number of carboxylic acid groups (broad SMARTS) is 1. The van der Waals surface area contributed by atoms with Crippen molar-refractivity contribution in [3.8, 4) is 0 Å². The third kappa shape index (κ3) is 7.79. The van der Waals surface area contributed by atoms with Gasteiger partial charge in [0.2, 0.25) is 5.60 Å². The second-order valence-electron chi connectivity index (χ2n) is 10.1. The van der Waals surface area contributed by atoms with E-state index in [1.54, 1.807) is 6.92 Å². The minimum absolute atomic E-state index is 0.267. The third-order valence-electron chi connectivity index (χ3n) is 7.17. The number of hydrogen-bond acceptors (Lipinski definition) is 10. The molecule has 216 valence electrons. The van der Waals surface area contributed by atoms with Gasteiger partial charge in [-0.1, -0.05) is 33.6 Å². The summed E-state index contributed by atoms with van der Waals surface area (Å²) in [5.41, 5.74) is -5.34. The molecule has 0 aromatic heterocycles. The van der Waals surface area contributed by atoms with Gasteiger partial charge in [-0.2, -0.15) is 0 Å². The molecule has 0 aliphatic heterocycles. The van der Waals surface area contributed by atoms with E-state index in [0.29, 0.717) is 12.8 Å². The summed E-state index contributed by atoms with van der Waals surface area (Å²) in [6.45, 7) is 9.54. The molecule has 6 N–H and O–H groups in total. The minimum atomic E-state index is -2.81. The molecule has 8 atom stereocenters. The van der Waals surface area contributed by atoms with Gasteiger partial charge in [-0.15, -0.1) is 0 Å². The molecule has 0 aromatic rings. The maximum absolute atomic E-state index is 14.6. The lowest BCUT2D eigenvalue weighted by Crippen LogP contribution is -2.71. The van der Waals surface area contributed by atoms with Crippen LogP contribution in [0.15, 0.2) is 0 Å². The van der Waals surface area contributed by atoms with Crippen molar-refractivity contribution in [2.24, 2.45) is 11.3 Å². The van der Waals surface area contributed by atoms with Crippen LogP contribution in [0.1, 0.15) is 73.6 Å². The van der Waals surface area contributed by atoms with E-state index >= 15 is 0 Å². The second kappa shape index (κ2) is 15.5. The maximum atomic E-state index is 14.6. The van der Waals surface area contributed by atoms with E-state index in [1.807, 2.05) is 13.8 Å². The van der Waals surface area contributed by atoms with Crippen molar-refractivity contribution < 1.29 is 39.2 Å². The fraction of sp³-hybridized carbons (Fsp3) is 0.846. The molecular formula is C26H49N3O8. The second-order valence-corrected chi connectivity index (χ2v) is 10.1. The lowest BCUT2D eigenvalue weighted by atomic mass is 9.57. The smallest absolute Gasteiger partial charge is 0.349 e. The number of likely N-dealkylation sites (N-methyl/N-ethyl adjacent to an activating group) is 3. The van der Waals surface area contributed by atoms with Crippen LogP contribution in [-0.2, 0) is 23.9 Å². The molecule has 0 saturated heterocycles. The Hall–Kier alpha value is -1.92. The van der Waals surface area contributed by atoms with Crippen molar-refractivity contribution in [1.29, 1.82) is 0 Å². The number of rotatable bonds is 19. The predicted molar refractivity (Wildman–Crippen MR) is 140 cm³/mol. The lowest BCUT2D eigenvalue weighted by molar-refractivity contribution is -0.209. The summed E-state index contributed by atoms with van der Waals surface area (Å²) in [5.74, 6) is -4.71. The number of carbonyl (C=O) groups excluding carboxylic acids is 3. The summed E-state index contributed by atoms with van der Waals surface area (Å²) in [4.78, 5) is 55.4. The van der Waals surface area contributed by atoms with Gasteiger partial charge in [0.05, 0.1) is 24.3 Å². The number of esters is 1. The van der Waals surface area contributed by atoms with E-state index < -0.39 is 77.7 Å². The molecule has 0 rings (SSSR count). The predicted octanol–water partition coefficient (Wildman–Crippen LogP) is 0.650. The summed E-state index contributed by atoms with van der Waals surface area (Å²) in [7, 11) is 4.52. The number of aliphatic carboxylic acids is 1. The van der Waals surface area contributed by atoms with Crippen LogP contribution in [0.25, 0.3) is 0 Å². The first-order chi connectivity index (χ1) is 17.2. The molecule has 0 bridgehead atoms. The number of carbonyl (C=O) groups is 4. The molecule has 0 aliphatic carbocycles. The van der Waals surface area contributed by atoms with E-state index in [2.05, 4.69) is 16.0 Å².